The average molecular weight is 379 g/mol. The van der Waals surface area contributed by atoms with Gasteiger partial charge in [-0.15, -0.1) is 0 Å². The van der Waals surface area contributed by atoms with Crippen molar-refractivity contribution >= 4 is 34.2 Å². The Hall–Kier alpha value is -0.950. The Morgan fingerprint density at radius 2 is 2.22 bits per heavy atom. The fourth-order valence-corrected chi connectivity index (χ4v) is 2.19. The van der Waals surface area contributed by atoms with E-state index in [0.717, 1.165) is 5.56 Å². The first-order chi connectivity index (χ1) is 8.49. The second kappa shape index (κ2) is 5.36. The summed E-state index contributed by atoms with van der Waals surface area (Å²) in [6, 6.07) is 4.41. The average Bonchev–Trinajstić information content (AvgIpc) is 2.34. The van der Waals surface area contributed by atoms with Gasteiger partial charge in [-0.1, -0.05) is 17.7 Å². The van der Waals surface area contributed by atoms with E-state index in [4.69, 9.17) is 11.6 Å². The zero-order chi connectivity index (χ0) is 13.3. The summed E-state index contributed by atoms with van der Waals surface area (Å²) in [4.78, 5) is 16.1. The fourth-order valence-electron chi connectivity index (χ4n) is 1.56. The minimum atomic E-state index is -0.467. The van der Waals surface area contributed by atoms with Crippen LogP contribution in [0.25, 0.3) is 0 Å². The Morgan fingerprint density at radius 1 is 1.50 bits per heavy atom. The highest BCUT2D eigenvalue weighted by molar-refractivity contribution is 14.1. The van der Waals surface area contributed by atoms with Gasteiger partial charge in [0.2, 0.25) is 0 Å². The molecular formula is C12H9ClFIN2O. The monoisotopic (exact) mass is 378 g/mol. The second-order valence-corrected chi connectivity index (χ2v) is 5.36. The van der Waals surface area contributed by atoms with Crippen LogP contribution in [-0.2, 0) is 6.54 Å². The molecule has 6 heteroatoms. The van der Waals surface area contributed by atoms with Crippen molar-refractivity contribution in [3.63, 3.8) is 0 Å². The van der Waals surface area contributed by atoms with E-state index >= 15 is 0 Å². The molecule has 18 heavy (non-hydrogen) atoms. The molecule has 94 valence electrons. The molecule has 2 rings (SSSR count). The fraction of sp³-hybridized carbons (Fsp3) is 0.167. The third-order valence-electron chi connectivity index (χ3n) is 2.53. The van der Waals surface area contributed by atoms with Crippen molar-refractivity contribution in [2.24, 2.45) is 0 Å². The third kappa shape index (κ3) is 2.72. The van der Waals surface area contributed by atoms with Gasteiger partial charge in [-0.25, -0.2) is 9.37 Å². The first kappa shape index (κ1) is 13.5. The summed E-state index contributed by atoms with van der Waals surface area (Å²) >= 11 is 7.65. The van der Waals surface area contributed by atoms with Crippen LogP contribution < -0.4 is 5.56 Å². The second-order valence-electron chi connectivity index (χ2n) is 3.79. The van der Waals surface area contributed by atoms with Crippen molar-refractivity contribution in [2.45, 2.75) is 13.5 Å². The van der Waals surface area contributed by atoms with Crippen LogP contribution in [0.5, 0.6) is 0 Å². The lowest BCUT2D eigenvalue weighted by Gasteiger charge is -2.09. The molecule has 1 aromatic carbocycles. The predicted molar refractivity (Wildman–Crippen MR) is 76.5 cm³/mol. The molecular weight excluding hydrogens is 370 g/mol. The predicted octanol–water partition coefficient (Wildman–Crippen LogP) is 3.00. The van der Waals surface area contributed by atoms with E-state index in [1.54, 1.807) is 13.0 Å². The molecule has 0 bridgehead atoms. The third-order valence-corrected chi connectivity index (χ3v) is 3.56. The van der Waals surface area contributed by atoms with E-state index in [1.165, 1.54) is 22.9 Å². The molecule has 0 saturated carbocycles. The van der Waals surface area contributed by atoms with Gasteiger partial charge in [-0.3, -0.25) is 9.36 Å². The van der Waals surface area contributed by atoms with Crippen molar-refractivity contribution in [2.75, 3.05) is 0 Å². The van der Waals surface area contributed by atoms with Crippen LogP contribution in [0.1, 0.15) is 11.4 Å². The van der Waals surface area contributed by atoms with Gasteiger partial charge in [0.1, 0.15) is 11.6 Å². The lowest BCUT2D eigenvalue weighted by molar-refractivity contribution is 0.625. The van der Waals surface area contributed by atoms with Crippen LogP contribution in [0.3, 0.4) is 0 Å². The maximum absolute atomic E-state index is 13.0. The lowest BCUT2D eigenvalue weighted by Crippen LogP contribution is -2.26. The summed E-state index contributed by atoms with van der Waals surface area (Å²) in [7, 11) is 0. The zero-order valence-corrected chi connectivity index (χ0v) is 12.4. The Balaban J connectivity index is 2.43. The Labute approximate surface area is 122 Å². The maximum atomic E-state index is 13.0. The van der Waals surface area contributed by atoms with Crippen molar-refractivity contribution in [3.05, 3.63) is 60.5 Å². The van der Waals surface area contributed by atoms with Gasteiger partial charge in [0.05, 0.1) is 15.1 Å². The SMILES string of the molecule is Cc1ncc(I)c(=O)n1Cc1ccc(F)c(Cl)c1. The van der Waals surface area contributed by atoms with E-state index in [9.17, 15) is 9.18 Å². The van der Waals surface area contributed by atoms with E-state index in [-0.39, 0.29) is 10.6 Å². The zero-order valence-electron chi connectivity index (χ0n) is 9.45. The lowest BCUT2D eigenvalue weighted by atomic mass is 10.2. The van der Waals surface area contributed by atoms with Crippen LogP contribution in [0, 0.1) is 16.3 Å². The molecule has 0 spiro atoms. The molecule has 0 radical (unpaired) electrons. The summed E-state index contributed by atoms with van der Waals surface area (Å²) in [6.07, 6.45) is 1.53. The van der Waals surface area contributed by atoms with Gasteiger partial charge in [-0.2, -0.15) is 0 Å². The first-order valence-corrected chi connectivity index (χ1v) is 6.60. The maximum Gasteiger partial charge on any atom is 0.267 e. The molecule has 1 aromatic heterocycles. The molecule has 1 heterocycles. The minimum absolute atomic E-state index is 0.0526. The van der Waals surface area contributed by atoms with Gasteiger partial charge in [0, 0.05) is 6.20 Å². The van der Waals surface area contributed by atoms with Crippen LogP contribution in [-0.4, -0.2) is 9.55 Å². The minimum Gasteiger partial charge on any atom is -0.292 e. The van der Waals surface area contributed by atoms with Gasteiger partial charge in [-0.05, 0) is 47.2 Å². The molecule has 0 N–H and O–H groups in total. The molecule has 2 aromatic rings. The van der Waals surface area contributed by atoms with Crippen LogP contribution in [0.2, 0.25) is 5.02 Å². The summed E-state index contributed by atoms with van der Waals surface area (Å²) in [5.74, 6) is 0.145. The van der Waals surface area contributed by atoms with Crippen molar-refractivity contribution in [1.82, 2.24) is 9.55 Å². The van der Waals surface area contributed by atoms with Crippen LogP contribution >= 0.6 is 34.2 Å². The highest BCUT2D eigenvalue weighted by Crippen LogP contribution is 2.16. The highest BCUT2D eigenvalue weighted by atomic mass is 127. The highest BCUT2D eigenvalue weighted by Gasteiger charge is 2.07. The molecule has 3 nitrogen and oxygen atoms in total. The van der Waals surface area contributed by atoms with Crippen LogP contribution in [0.15, 0.2) is 29.2 Å². The normalized spacial score (nSPS) is 10.7. The van der Waals surface area contributed by atoms with Gasteiger partial charge in [0.15, 0.2) is 0 Å². The molecule has 0 aliphatic rings. The van der Waals surface area contributed by atoms with Crippen molar-refractivity contribution in [1.29, 1.82) is 0 Å². The number of hydrogen-bond acceptors (Lipinski definition) is 2. The van der Waals surface area contributed by atoms with Gasteiger partial charge < -0.3 is 0 Å². The van der Waals surface area contributed by atoms with Gasteiger partial charge >= 0.3 is 0 Å². The molecule has 0 amide bonds. The standard InChI is InChI=1S/C12H9ClFIN2O/c1-7-16-5-11(15)12(18)17(7)6-8-2-3-10(14)9(13)4-8/h2-5H,6H2,1H3. The number of rotatable bonds is 2. The Kier molecular flexibility index (Phi) is 4.01. The number of nitrogens with zero attached hydrogens (tertiary/aromatic N) is 2. The summed E-state index contributed by atoms with van der Waals surface area (Å²) < 4.78 is 15.1. The first-order valence-electron chi connectivity index (χ1n) is 5.15. The topological polar surface area (TPSA) is 34.9 Å². The van der Waals surface area contributed by atoms with E-state index < -0.39 is 5.82 Å². The van der Waals surface area contributed by atoms with Crippen molar-refractivity contribution in [3.8, 4) is 0 Å². The molecule has 0 fully saturated rings. The summed E-state index contributed by atoms with van der Waals surface area (Å²) in [6.45, 7) is 2.08. The number of halogens is 3. The van der Waals surface area contributed by atoms with Gasteiger partial charge in [0.25, 0.3) is 5.56 Å². The number of aromatic nitrogens is 2. The Morgan fingerprint density at radius 3 is 2.89 bits per heavy atom. The Bertz CT molecular complexity index is 657. The van der Waals surface area contributed by atoms with E-state index in [2.05, 4.69) is 4.98 Å². The van der Waals surface area contributed by atoms with E-state index in [0.29, 0.717) is 15.9 Å². The number of hydrogen-bond donors (Lipinski definition) is 0. The molecule has 0 aliphatic carbocycles. The quantitative estimate of drug-likeness (QED) is 0.753. The van der Waals surface area contributed by atoms with Crippen molar-refractivity contribution < 1.29 is 4.39 Å². The van der Waals surface area contributed by atoms with Crippen LogP contribution in [0.4, 0.5) is 4.39 Å². The number of benzene rings is 1. The summed E-state index contributed by atoms with van der Waals surface area (Å²) in [5, 5.41) is 0.0526. The van der Waals surface area contributed by atoms with E-state index in [1.807, 2.05) is 22.6 Å². The molecule has 0 unspecified atom stereocenters. The molecule has 0 aliphatic heterocycles. The smallest absolute Gasteiger partial charge is 0.267 e. The largest absolute Gasteiger partial charge is 0.292 e. The molecule has 0 atom stereocenters. The number of aryl methyl sites for hydroxylation is 1. The molecule has 0 saturated heterocycles. The summed E-state index contributed by atoms with van der Waals surface area (Å²) in [5.41, 5.74) is 0.652.